The minimum absolute atomic E-state index is 0.00526. The van der Waals surface area contributed by atoms with Crippen molar-refractivity contribution in [2.75, 3.05) is 26.4 Å². The molecule has 1 aliphatic heterocycles. The zero-order chi connectivity index (χ0) is 17.8. The van der Waals surface area contributed by atoms with Gasteiger partial charge in [0.25, 0.3) is 0 Å². The first-order valence-electron chi connectivity index (χ1n) is 9.10. The molecular formula is C20H34N2O2. The molecule has 0 bridgehead atoms. The van der Waals surface area contributed by atoms with Gasteiger partial charge in [0, 0.05) is 6.08 Å². The van der Waals surface area contributed by atoms with Gasteiger partial charge in [0.15, 0.2) is 0 Å². The van der Waals surface area contributed by atoms with Crippen molar-refractivity contribution in [2.45, 2.75) is 59.3 Å². The number of carbonyl (C=O) groups excluding carboxylic acids is 1. The highest BCUT2D eigenvalue weighted by Crippen LogP contribution is 2.11. The number of allylic oxidation sites excluding steroid dienone is 4. The fourth-order valence-electron chi connectivity index (χ4n) is 2.77. The second-order valence-corrected chi connectivity index (χ2v) is 6.89. The van der Waals surface area contributed by atoms with E-state index in [-0.39, 0.29) is 12.5 Å². The van der Waals surface area contributed by atoms with Gasteiger partial charge in [-0.2, -0.15) is 0 Å². The number of hydrogen-bond acceptors (Lipinski definition) is 3. The highest BCUT2D eigenvalue weighted by atomic mass is 16.3. The second-order valence-electron chi connectivity index (χ2n) is 6.89. The Morgan fingerprint density at radius 2 is 1.75 bits per heavy atom. The van der Waals surface area contributed by atoms with Crippen LogP contribution in [0.25, 0.3) is 0 Å². The average Bonchev–Trinajstić information content (AvgIpc) is 3.04. The highest BCUT2D eigenvalue weighted by molar-refractivity contribution is 5.88. The molecule has 0 saturated carbocycles. The van der Waals surface area contributed by atoms with E-state index in [4.69, 9.17) is 0 Å². The molecule has 1 saturated heterocycles. The summed E-state index contributed by atoms with van der Waals surface area (Å²) in [5.74, 6) is -0.00526. The molecule has 136 valence electrons. The van der Waals surface area contributed by atoms with E-state index < -0.39 is 0 Å². The first-order valence-corrected chi connectivity index (χ1v) is 9.10. The Balaban J connectivity index is 2.28. The van der Waals surface area contributed by atoms with Crippen molar-refractivity contribution in [3.05, 3.63) is 34.9 Å². The smallest absolute Gasteiger partial charge is 0.244 e. The monoisotopic (exact) mass is 334 g/mol. The van der Waals surface area contributed by atoms with Crippen molar-refractivity contribution in [1.29, 1.82) is 0 Å². The van der Waals surface area contributed by atoms with Crippen LogP contribution < -0.4 is 5.32 Å². The molecule has 0 aliphatic carbocycles. The summed E-state index contributed by atoms with van der Waals surface area (Å²) in [4.78, 5) is 14.2. The van der Waals surface area contributed by atoms with E-state index in [1.54, 1.807) is 6.08 Å². The molecule has 4 heteroatoms. The Kier molecular flexibility index (Phi) is 10.4. The number of carbonyl (C=O) groups is 1. The quantitative estimate of drug-likeness (QED) is 0.474. The van der Waals surface area contributed by atoms with Crippen LogP contribution in [0.2, 0.25) is 0 Å². The van der Waals surface area contributed by atoms with Crippen molar-refractivity contribution in [3.8, 4) is 0 Å². The lowest BCUT2D eigenvalue weighted by Gasteiger charge is -2.14. The summed E-state index contributed by atoms with van der Waals surface area (Å²) in [6, 6.07) is 0. The van der Waals surface area contributed by atoms with Gasteiger partial charge in [-0.05, 0) is 78.0 Å². The predicted octanol–water partition coefficient (Wildman–Crippen LogP) is 3.55. The van der Waals surface area contributed by atoms with Crippen molar-refractivity contribution in [2.24, 2.45) is 0 Å². The number of nitrogens with zero attached hydrogens (tertiary/aromatic N) is 1. The minimum atomic E-state index is -0.00526. The van der Waals surface area contributed by atoms with Crippen LogP contribution in [0, 0.1) is 0 Å². The van der Waals surface area contributed by atoms with Gasteiger partial charge >= 0.3 is 0 Å². The Labute approximate surface area is 147 Å². The fraction of sp³-hybridized carbons (Fsp3) is 0.650. The van der Waals surface area contributed by atoms with Crippen LogP contribution in [0.15, 0.2) is 34.9 Å². The summed E-state index contributed by atoms with van der Waals surface area (Å²) in [6.07, 6.45) is 12.1. The normalized spacial score (nSPS) is 16.3. The standard InChI is InChI=1S/C20H34N2O2/c1-17(2)8-6-10-19(15-23)11-7-9-18(3)14-20(24)21-16-22-12-4-5-13-22/h8,11,14,23H,4-7,9-10,12-13,15-16H2,1-3H3,(H,21,24)/b18-14+,19-11-. The number of rotatable bonds is 10. The summed E-state index contributed by atoms with van der Waals surface area (Å²) in [6.45, 7) is 9.12. The fourth-order valence-corrected chi connectivity index (χ4v) is 2.77. The van der Waals surface area contributed by atoms with E-state index >= 15 is 0 Å². The number of likely N-dealkylation sites (tertiary alicyclic amines) is 1. The molecule has 0 aromatic carbocycles. The lowest BCUT2D eigenvalue weighted by molar-refractivity contribution is -0.117. The van der Waals surface area contributed by atoms with Crippen LogP contribution >= 0.6 is 0 Å². The van der Waals surface area contributed by atoms with Crippen LogP contribution in [-0.4, -0.2) is 42.3 Å². The Morgan fingerprint density at radius 3 is 2.38 bits per heavy atom. The maximum atomic E-state index is 11.9. The number of amides is 1. The van der Waals surface area contributed by atoms with Crippen molar-refractivity contribution >= 4 is 5.91 Å². The molecule has 0 atom stereocenters. The van der Waals surface area contributed by atoms with E-state index in [2.05, 4.69) is 36.2 Å². The van der Waals surface area contributed by atoms with Gasteiger partial charge in [0.2, 0.25) is 5.91 Å². The maximum Gasteiger partial charge on any atom is 0.244 e. The van der Waals surface area contributed by atoms with Crippen molar-refractivity contribution in [1.82, 2.24) is 10.2 Å². The molecule has 0 radical (unpaired) electrons. The Morgan fingerprint density at radius 1 is 1.08 bits per heavy atom. The molecule has 0 unspecified atom stereocenters. The third-order valence-electron chi connectivity index (χ3n) is 4.25. The van der Waals surface area contributed by atoms with Gasteiger partial charge < -0.3 is 10.4 Å². The molecule has 1 heterocycles. The molecule has 4 nitrogen and oxygen atoms in total. The summed E-state index contributed by atoms with van der Waals surface area (Å²) in [5, 5.41) is 12.4. The molecule has 1 aliphatic rings. The van der Waals surface area contributed by atoms with Crippen molar-refractivity contribution in [3.63, 3.8) is 0 Å². The summed E-state index contributed by atoms with van der Waals surface area (Å²) in [5.41, 5.74) is 3.47. The van der Waals surface area contributed by atoms with E-state index in [1.165, 1.54) is 18.4 Å². The topological polar surface area (TPSA) is 52.6 Å². The zero-order valence-electron chi connectivity index (χ0n) is 15.6. The Bertz CT molecular complexity index is 468. The van der Waals surface area contributed by atoms with E-state index in [0.717, 1.165) is 49.9 Å². The third-order valence-corrected chi connectivity index (χ3v) is 4.25. The molecule has 2 N–H and O–H groups in total. The van der Waals surface area contributed by atoms with E-state index in [0.29, 0.717) is 6.67 Å². The molecule has 1 fully saturated rings. The summed E-state index contributed by atoms with van der Waals surface area (Å²) >= 11 is 0. The van der Waals surface area contributed by atoms with E-state index in [1.807, 2.05) is 6.92 Å². The van der Waals surface area contributed by atoms with Crippen LogP contribution in [0.4, 0.5) is 0 Å². The molecule has 24 heavy (non-hydrogen) atoms. The first kappa shape index (κ1) is 20.7. The minimum Gasteiger partial charge on any atom is -0.392 e. The average molecular weight is 335 g/mol. The number of hydrogen-bond donors (Lipinski definition) is 2. The SMILES string of the molecule is CC(C)=CCC/C(=C/CC/C(C)=C/C(=O)NCN1CCCC1)CO. The van der Waals surface area contributed by atoms with Gasteiger partial charge in [-0.3, -0.25) is 9.69 Å². The number of aliphatic hydroxyl groups excluding tert-OH is 1. The summed E-state index contributed by atoms with van der Waals surface area (Å²) in [7, 11) is 0. The van der Waals surface area contributed by atoms with Crippen LogP contribution in [0.5, 0.6) is 0 Å². The predicted molar refractivity (Wildman–Crippen MR) is 101 cm³/mol. The molecule has 1 rings (SSSR count). The van der Waals surface area contributed by atoms with Crippen LogP contribution in [-0.2, 0) is 4.79 Å². The lowest BCUT2D eigenvalue weighted by atomic mass is 10.1. The lowest BCUT2D eigenvalue weighted by Crippen LogP contribution is -2.35. The first-order chi connectivity index (χ1) is 11.5. The van der Waals surface area contributed by atoms with Gasteiger partial charge in [-0.15, -0.1) is 0 Å². The summed E-state index contributed by atoms with van der Waals surface area (Å²) < 4.78 is 0. The highest BCUT2D eigenvalue weighted by Gasteiger charge is 2.11. The van der Waals surface area contributed by atoms with Gasteiger partial charge in [-0.25, -0.2) is 0 Å². The van der Waals surface area contributed by atoms with Crippen LogP contribution in [0.3, 0.4) is 0 Å². The Hall–Kier alpha value is -1.39. The third kappa shape index (κ3) is 9.68. The molecule has 0 spiro atoms. The van der Waals surface area contributed by atoms with Crippen LogP contribution in [0.1, 0.15) is 59.3 Å². The molecule has 1 amide bonds. The molecule has 0 aromatic rings. The maximum absolute atomic E-state index is 11.9. The number of aliphatic hydroxyl groups is 1. The van der Waals surface area contributed by atoms with Gasteiger partial charge in [-0.1, -0.05) is 23.3 Å². The second kappa shape index (κ2) is 12.0. The largest absolute Gasteiger partial charge is 0.392 e. The zero-order valence-corrected chi connectivity index (χ0v) is 15.6. The van der Waals surface area contributed by atoms with E-state index in [9.17, 15) is 9.90 Å². The van der Waals surface area contributed by atoms with Gasteiger partial charge in [0.05, 0.1) is 13.3 Å². The molecule has 0 aromatic heterocycles. The number of nitrogens with one attached hydrogen (secondary N) is 1. The molecular weight excluding hydrogens is 300 g/mol. The van der Waals surface area contributed by atoms with Gasteiger partial charge in [0.1, 0.15) is 0 Å². The van der Waals surface area contributed by atoms with Crippen molar-refractivity contribution < 1.29 is 9.90 Å².